The van der Waals surface area contributed by atoms with E-state index in [0.29, 0.717) is 18.8 Å². The smallest absolute Gasteiger partial charge is 0.171 e. The van der Waals surface area contributed by atoms with Crippen molar-refractivity contribution in [2.75, 3.05) is 0 Å². The first kappa shape index (κ1) is 9.87. The van der Waals surface area contributed by atoms with Crippen LogP contribution in [-0.4, -0.2) is 6.18 Å². The third-order valence-corrected chi connectivity index (χ3v) is 3.05. The topological polar surface area (TPSA) is 0 Å². The predicted octanol–water partition coefficient (Wildman–Crippen LogP) is 3.62. The van der Waals surface area contributed by atoms with Crippen LogP contribution >= 0.6 is 0 Å². The van der Waals surface area contributed by atoms with Crippen molar-refractivity contribution in [3.63, 3.8) is 0 Å². The van der Waals surface area contributed by atoms with Gasteiger partial charge >= 0.3 is 6.18 Å². The quantitative estimate of drug-likeness (QED) is 0.578. The summed E-state index contributed by atoms with van der Waals surface area (Å²) < 4.78 is 37.0. The van der Waals surface area contributed by atoms with Gasteiger partial charge in [0.1, 0.15) is 0 Å². The molecular weight excluding hydrogens is 165 g/mol. The van der Waals surface area contributed by atoms with Crippen LogP contribution in [-0.2, 0) is 0 Å². The third kappa shape index (κ3) is 1.46. The van der Waals surface area contributed by atoms with E-state index >= 15 is 0 Å². The van der Waals surface area contributed by atoms with E-state index in [0.717, 1.165) is 0 Å². The van der Waals surface area contributed by atoms with Gasteiger partial charge in [0.05, 0.1) is 5.41 Å². The summed E-state index contributed by atoms with van der Waals surface area (Å²) >= 11 is 0. The zero-order valence-electron chi connectivity index (χ0n) is 7.70. The lowest BCUT2D eigenvalue weighted by Gasteiger charge is -2.48. The monoisotopic (exact) mass is 180 g/mol. The van der Waals surface area contributed by atoms with Crippen LogP contribution in [0.25, 0.3) is 0 Å². The van der Waals surface area contributed by atoms with E-state index in [1.165, 1.54) is 6.92 Å². The van der Waals surface area contributed by atoms with E-state index < -0.39 is 11.6 Å². The predicted molar refractivity (Wildman–Crippen MR) is 41.7 cm³/mol. The van der Waals surface area contributed by atoms with Crippen LogP contribution < -0.4 is 0 Å². The average Bonchev–Trinajstić information content (AvgIpc) is 1.77. The largest absolute Gasteiger partial charge is 0.394 e. The Balaban J connectivity index is 2.51. The van der Waals surface area contributed by atoms with Gasteiger partial charge in [0, 0.05) is 0 Å². The second-order valence-corrected chi connectivity index (χ2v) is 4.47. The lowest BCUT2D eigenvalue weighted by Crippen LogP contribution is -2.47. The molecule has 0 amide bonds. The second kappa shape index (κ2) is 2.64. The van der Waals surface area contributed by atoms with Crippen molar-refractivity contribution in [2.45, 2.75) is 39.8 Å². The molecule has 0 radical (unpaired) electrons. The number of hydrogen-bond acceptors (Lipinski definition) is 0. The van der Waals surface area contributed by atoms with Crippen molar-refractivity contribution in [3.8, 4) is 0 Å². The third-order valence-electron chi connectivity index (χ3n) is 3.05. The number of halogens is 3. The molecule has 0 aromatic heterocycles. The average molecular weight is 180 g/mol. The highest BCUT2D eigenvalue weighted by Crippen LogP contribution is 2.57. The van der Waals surface area contributed by atoms with Gasteiger partial charge in [0.25, 0.3) is 0 Å². The molecule has 0 N–H and O–H groups in total. The molecule has 0 saturated heterocycles. The maximum Gasteiger partial charge on any atom is 0.394 e. The molecule has 0 bridgehead atoms. The van der Waals surface area contributed by atoms with Gasteiger partial charge in [0.15, 0.2) is 0 Å². The summed E-state index contributed by atoms with van der Waals surface area (Å²) in [7, 11) is 0. The summed E-state index contributed by atoms with van der Waals surface area (Å²) in [6, 6.07) is 0. The number of hydrogen-bond donors (Lipinski definition) is 0. The van der Waals surface area contributed by atoms with Gasteiger partial charge in [-0.1, -0.05) is 20.8 Å². The molecule has 1 aliphatic rings. The van der Waals surface area contributed by atoms with E-state index in [9.17, 15) is 13.2 Å². The molecule has 1 saturated carbocycles. The Morgan fingerprint density at radius 2 is 1.67 bits per heavy atom. The molecule has 0 aromatic carbocycles. The van der Waals surface area contributed by atoms with Crippen LogP contribution in [0.2, 0.25) is 0 Å². The van der Waals surface area contributed by atoms with E-state index in [4.69, 9.17) is 0 Å². The lowest BCUT2D eigenvalue weighted by atomic mass is 9.59. The number of rotatable bonds is 1. The van der Waals surface area contributed by atoms with Crippen LogP contribution in [0.15, 0.2) is 0 Å². The first-order valence-electron chi connectivity index (χ1n) is 4.33. The van der Waals surface area contributed by atoms with Crippen LogP contribution in [0.1, 0.15) is 33.6 Å². The minimum Gasteiger partial charge on any atom is -0.171 e. The molecule has 0 atom stereocenters. The molecule has 1 fully saturated rings. The first-order valence-corrected chi connectivity index (χ1v) is 4.33. The van der Waals surface area contributed by atoms with Gasteiger partial charge < -0.3 is 0 Å². The maximum absolute atomic E-state index is 12.3. The van der Waals surface area contributed by atoms with Gasteiger partial charge in [-0.3, -0.25) is 0 Å². The van der Waals surface area contributed by atoms with E-state index in [1.807, 2.05) is 13.8 Å². The minimum absolute atomic E-state index is 0.275. The fourth-order valence-corrected chi connectivity index (χ4v) is 1.80. The Morgan fingerprint density at radius 1 is 1.25 bits per heavy atom. The first-order chi connectivity index (χ1) is 5.26. The highest BCUT2D eigenvalue weighted by Gasteiger charge is 2.58. The van der Waals surface area contributed by atoms with Gasteiger partial charge in [-0.05, 0) is 24.7 Å². The molecule has 0 heterocycles. The zero-order chi connectivity index (χ0) is 9.57. The molecule has 0 spiro atoms. The van der Waals surface area contributed by atoms with Crippen molar-refractivity contribution in [1.82, 2.24) is 0 Å². The molecule has 0 aromatic rings. The maximum atomic E-state index is 12.3. The second-order valence-electron chi connectivity index (χ2n) is 4.47. The van der Waals surface area contributed by atoms with Crippen molar-refractivity contribution < 1.29 is 13.2 Å². The van der Waals surface area contributed by atoms with Gasteiger partial charge in [0.2, 0.25) is 0 Å². The molecule has 1 aliphatic carbocycles. The molecule has 0 unspecified atom stereocenters. The molecule has 1 rings (SSSR count). The van der Waals surface area contributed by atoms with Gasteiger partial charge in [-0.2, -0.15) is 13.2 Å². The number of alkyl halides is 3. The highest BCUT2D eigenvalue weighted by molar-refractivity contribution is 4.96. The van der Waals surface area contributed by atoms with Gasteiger partial charge in [-0.25, -0.2) is 0 Å². The van der Waals surface area contributed by atoms with E-state index in [1.54, 1.807) is 0 Å². The molecule has 0 nitrogen and oxygen atoms in total. The standard InChI is InChI=1S/C9H15F3/c1-6(2)7-4-8(3,5-7)9(10,11)12/h6-7H,4-5H2,1-3H3. The molecular formula is C9H15F3. The van der Waals surface area contributed by atoms with Crippen molar-refractivity contribution in [2.24, 2.45) is 17.3 Å². The summed E-state index contributed by atoms with van der Waals surface area (Å²) in [5.74, 6) is 0.664. The highest BCUT2D eigenvalue weighted by atomic mass is 19.4. The van der Waals surface area contributed by atoms with E-state index in [2.05, 4.69) is 0 Å². The molecule has 12 heavy (non-hydrogen) atoms. The van der Waals surface area contributed by atoms with Gasteiger partial charge in [-0.15, -0.1) is 0 Å². The summed E-state index contributed by atoms with van der Waals surface area (Å²) in [6.07, 6.45) is -3.37. The lowest BCUT2D eigenvalue weighted by molar-refractivity contribution is -0.259. The van der Waals surface area contributed by atoms with E-state index in [-0.39, 0.29) is 5.92 Å². The Morgan fingerprint density at radius 3 is 1.92 bits per heavy atom. The van der Waals surface area contributed by atoms with Crippen LogP contribution in [0, 0.1) is 17.3 Å². The Hall–Kier alpha value is -0.210. The molecule has 72 valence electrons. The summed E-state index contributed by atoms with van der Waals surface area (Å²) in [4.78, 5) is 0. The van der Waals surface area contributed by atoms with Crippen molar-refractivity contribution >= 4 is 0 Å². The fourth-order valence-electron chi connectivity index (χ4n) is 1.80. The van der Waals surface area contributed by atoms with Crippen LogP contribution in [0.3, 0.4) is 0 Å². The van der Waals surface area contributed by atoms with Crippen molar-refractivity contribution in [1.29, 1.82) is 0 Å². The van der Waals surface area contributed by atoms with Crippen molar-refractivity contribution in [3.05, 3.63) is 0 Å². The van der Waals surface area contributed by atoms with Crippen LogP contribution in [0.4, 0.5) is 13.2 Å². The molecule has 0 aliphatic heterocycles. The SMILES string of the molecule is CC(C)C1CC(C)(C(F)(F)F)C1. The normalized spacial score (nSPS) is 36.8. The Labute approximate surface area is 71.1 Å². The Kier molecular flexibility index (Phi) is 2.17. The minimum atomic E-state index is -4.00. The zero-order valence-corrected chi connectivity index (χ0v) is 7.70. The fraction of sp³-hybridized carbons (Fsp3) is 1.00. The summed E-state index contributed by atoms with van der Waals surface area (Å²) in [6.45, 7) is 5.30. The van der Waals surface area contributed by atoms with Crippen LogP contribution in [0.5, 0.6) is 0 Å². The summed E-state index contributed by atoms with van der Waals surface area (Å²) in [5, 5.41) is 0. The Bertz CT molecular complexity index is 163. The summed E-state index contributed by atoms with van der Waals surface area (Å²) in [5.41, 5.74) is -1.39. The molecule has 3 heteroatoms.